The Kier molecular flexibility index (Phi) is 4.27. The molecule has 1 aliphatic carbocycles. The minimum atomic E-state index is 0.526. The van der Waals surface area contributed by atoms with Gasteiger partial charge >= 0.3 is 0 Å². The van der Waals surface area contributed by atoms with Crippen molar-refractivity contribution in [2.45, 2.75) is 50.0 Å². The highest BCUT2D eigenvalue weighted by atomic mass is 32.2. The van der Waals surface area contributed by atoms with E-state index < -0.39 is 0 Å². The molecule has 1 heterocycles. The van der Waals surface area contributed by atoms with Crippen LogP contribution >= 0.6 is 23.1 Å². The number of nitrogens with two attached hydrogens (primary N) is 1. The molecule has 2 nitrogen and oxygen atoms in total. The highest BCUT2D eigenvalue weighted by Crippen LogP contribution is 2.35. The number of hydrogen-bond donors (Lipinski definition) is 1. The van der Waals surface area contributed by atoms with Gasteiger partial charge in [0, 0.05) is 23.1 Å². The second kappa shape index (κ2) is 5.52. The minimum absolute atomic E-state index is 0.526. The number of hydrogen-bond acceptors (Lipinski definition) is 4. The van der Waals surface area contributed by atoms with Crippen molar-refractivity contribution in [2.24, 2.45) is 5.73 Å². The molecule has 0 saturated heterocycles. The Labute approximate surface area is 106 Å². The molecule has 0 saturated carbocycles. The van der Waals surface area contributed by atoms with Crippen molar-refractivity contribution in [2.75, 3.05) is 6.54 Å². The van der Waals surface area contributed by atoms with Gasteiger partial charge in [0.05, 0.1) is 5.69 Å². The molecule has 0 amide bonds. The van der Waals surface area contributed by atoms with Crippen molar-refractivity contribution < 1.29 is 0 Å². The normalized spacial score (nSPS) is 20.1. The van der Waals surface area contributed by atoms with Crippen molar-refractivity contribution >= 4 is 23.1 Å². The number of rotatable bonds is 4. The molecular formula is C12H20N2S2. The molecule has 0 bridgehead atoms. The highest BCUT2D eigenvalue weighted by Gasteiger charge is 2.23. The monoisotopic (exact) mass is 256 g/mol. The highest BCUT2D eigenvalue weighted by molar-refractivity contribution is 7.99. The third kappa shape index (κ3) is 2.79. The maximum absolute atomic E-state index is 5.81. The maximum atomic E-state index is 5.81. The minimum Gasteiger partial charge on any atom is -0.330 e. The van der Waals surface area contributed by atoms with Crippen molar-refractivity contribution in [1.82, 2.24) is 4.98 Å². The molecule has 2 N–H and O–H groups in total. The van der Waals surface area contributed by atoms with Crippen molar-refractivity contribution in [3.63, 3.8) is 0 Å². The smallest absolute Gasteiger partial charge is 0.103 e. The number of aryl methyl sites for hydroxylation is 1. The van der Waals surface area contributed by atoms with Crippen LogP contribution in [0.4, 0.5) is 0 Å². The van der Waals surface area contributed by atoms with Crippen molar-refractivity contribution in [3.05, 3.63) is 15.6 Å². The lowest BCUT2D eigenvalue weighted by Crippen LogP contribution is -2.17. The third-order valence-electron chi connectivity index (χ3n) is 2.94. The molecule has 1 unspecified atom stereocenters. The molecule has 0 aliphatic heterocycles. The molecular weight excluding hydrogens is 236 g/mol. The Morgan fingerprint density at radius 2 is 2.38 bits per heavy atom. The van der Waals surface area contributed by atoms with Gasteiger partial charge in [0.2, 0.25) is 0 Å². The Hall–Kier alpha value is -0.0600. The first-order valence-electron chi connectivity index (χ1n) is 6.01. The van der Waals surface area contributed by atoms with Gasteiger partial charge in [-0.25, -0.2) is 4.98 Å². The molecule has 1 aromatic heterocycles. The lowest BCUT2D eigenvalue weighted by molar-refractivity contribution is 0.553. The van der Waals surface area contributed by atoms with E-state index in [9.17, 15) is 0 Å². The number of nitrogens with zero attached hydrogens (tertiary/aromatic N) is 1. The predicted molar refractivity (Wildman–Crippen MR) is 73.3 cm³/mol. The predicted octanol–water partition coefficient (Wildman–Crippen LogP) is 3.16. The Morgan fingerprint density at radius 1 is 1.56 bits per heavy atom. The van der Waals surface area contributed by atoms with E-state index in [1.54, 1.807) is 0 Å². The van der Waals surface area contributed by atoms with Crippen LogP contribution in [0.15, 0.2) is 0 Å². The van der Waals surface area contributed by atoms with Gasteiger partial charge in [0.1, 0.15) is 5.01 Å². The summed E-state index contributed by atoms with van der Waals surface area (Å²) < 4.78 is 0. The first-order chi connectivity index (χ1) is 7.70. The van der Waals surface area contributed by atoms with Gasteiger partial charge in [-0.15, -0.1) is 11.3 Å². The van der Waals surface area contributed by atoms with E-state index in [-0.39, 0.29) is 0 Å². The molecule has 1 atom stereocenters. The standard InChI is InChI=1S/C12H20N2S2/c1-8(2)15-7-11-14-12-9(6-13)4-3-5-10(12)16-11/h8-9H,3-7,13H2,1-2H3. The molecule has 0 aromatic carbocycles. The quantitative estimate of drug-likeness (QED) is 0.899. The SMILES string of the molecule is CC(C)SCc1nc2c(s1)CCCC2CN. The summed E-state index contributed by atoms with van der Waals surface area (Å²) in [5.41, 5.74) is 7.13. The van der Waals surface area contributed by atoms with Crippen molar-refractivity contribution in [3.8, 4) is 0 Å². The second-order valence-corrected chi connectivity index (χ2v) is 7.33. The zero-order valence-corrected chi connectivity index (χ0v) is 11.7. The molecule has 0 spiro atoms. The average molecular weight is 256 g/mol. The third-order valence-corrected chi connectivity index (χ3v) is 5.36. The van der Waals surface area contributed by atoms with E-state index in [0.29, 0.717) is 11.2 Å². The average Bonchev–Trinajstić information content (AvgIpc) is 2.68. The van der Waals surface area contributed by atoms with Crippen LogP contribution in [-0.4, -0.2) is 16.8 Å². The summed E-state index contributed by atoms with van der Waals surface area (Å²) in [5.74, 6) is 1.59. The summed E-state index contributed by atoms with van der Waals surface area (Å²) in [6.07, 6.45) is 3.73. The zero-order chi connectivity index (χ0) is 11.5. The van der Waals surface area contributed by atoms with E-state index in [2.05, 4.69) is 13.8 Å². The van der Waals surface area contributed by atoms with Gasteiger partial charge in [-0.1, -0.05) is 13.8 Å². The fraction of sp³-hybridized carbons (Fsp3) is 0.750. The van der Waals surface area contributed by atoms with Crippen LogP contribution in [0.25, 0.3) is 0 Å². The Bertz CT molecular complexity index is 347. The summed E-state index contributed by atoms with van der Waals surface area (Å²) in [5, 5.41) is 1.98. The van der Waals surface area contributed by atoms with Crippen LogP contribution in [0, 0.1) is 0 Å². The fourth-order valence-electron chi connectivity index (χ4n) is 2.09. The van der Waals surface area contributed by atoms with Crippen LogP contribution in [0.3, 0.4) is 0 Å². The number of aromatic nitrogens is 1. The Morgan fingerprint density at radius 3 is 3.06 bits per heavy atom. The molecule has 1 aliphatic rings. The second-order valence-electron chi connectivity index (χ2n) is 4.60. The van der Waals surface area contributed by atoms with Gasteiger partial charge in [-0.3, -0.25) is 0 Å². The van der Waals surface area contributed by atoms with E-state index in [1.807, 2.05) is 23.1 Å². The summed E-state index contributed by atoms with van der Waals surface area (Å²) in [4.78, 5) is 6.29. The zero-order valence-electron chi connectivity index (χ0n) is 10.0. The maximum Gasteiger partial charge on any atom is 0.103 e. The summed E-state index contributed by atoms with van der Waals surface area (Å²) in [7, 11) is 0. The number of thioether (sulfide) groups is 1. The largest absolute Gasteiger partial charge is 0.330 e. The van der Waals surface area contributed by atoms with Crippen LogP contribution in [0.5, 0.6) is 0 Å². The van der Waals surface area contributed by atoms with Gasteiger partial charge in [0.25, 0.3) is 0 Å². The van der Waals surface area contributed by atoms with Gasteiger partial charge in [-0.2, -0.15) is 11.8 Å². The lowest BCUT2D eigenvalue weighted by atomic mass is 9.91. The molecule has 4 heteroatoms. The van der Waals surface area contributed by atoms with E-state index in [1.165, 1.54) is 34.8 Å². The van der Waals surface area contributed by atoms with Crippen LogP contribution in [0.1, 0.15) is 48.2 Å². The fourth-order valence-corrected chi connectivity index (χ4v) is 4.06. The number of fused-ring (bicyclic) bond motifs is 1. The van der Waals surface area contributed by atoms with Gasteiger partial charge in [0.15, 0.2) is 0 Å². The lowest BCUT2D eigenvalue weighted by Gasteiger charge is -2.18. The summed E-state index contributed by atoms with van der Waals surface area (Å²) >= 11 is 3.88. The van der Waals surface area contributed by atoms with Gasteiger partial charge in [-0.05, 0) is 24.5 Å². The van der Waals surface area contributed by atoms with E-state index in [0.717, 1.165) is 12.3 Å². The Balaban J connectivity index is 2.09. The van der Waals surface area contributed by atoms with Crippen LogP contribution in [-0.2, 0) is 12.2 Å². The first kappa shape index (κ1) is 12.4. The molecule has 16 heavy (non-hydrogen) atoms. The van der Waals surface area contributed by atoms with E-state index in [4.69, 9.17) is 10.7 Å². The number of thiazole rings is 1. The molecule has 2 rings (SSSR count). The van der Waals surface area contributed by atoms with Crippen LogP contribution in [0.2, 0.25) is 0 Å². The van der Waals surface area contributed by atoms with Crippen LogP contribution < -0.4 is 5.73 Å². The molecule has 90 valence electrons. The molecule has 1 aromatic rings. The molecule has 0 fully saturated rings. The van der Waals surface area contributed by atoms with E-state index >= 15 is 0 Å². The van der Waals surface area contributed by atoms with Crippen molar-refractivity contribution in [1.29, 1.82) is 0 Å². The topological polar surface area (TPSA) is 38.9 Å². The van der Waals surface area contributed by atoms with Gasteiger partial charge < -0.3 is 5.73 Å². The summed E-state index contributed by atoms with van der Waals surface area (Å²) in [6.45, 7) is 5.23. The first-order valence-corrected chi connectivity index (χ1v) is 7.87. The molecule has 0 radical (unpaired) electrons. The summed E-state index contributed by atoms with van der Waals surface area (Å²) in [6, 6.07) is 0.